The molecule has 4 rings (SSSR count). The molecule has 1 heterocycles. The van der Waals surface area contributed by atoms with Gasteiger partial charge < -0.3 is 35.8 Å². The fraction of sp³-hybridized carbons (Fsp3) is 0.556. The molecule has 13 heteroatoms. The Hall–Kier alpha value is -5.56. The number of benzene rings is 3. The van der Waals surface area contributed by atoms with Crippen LogP contribution in [0.15, 0.2) is 66.7 Å². The molecule has 67 heavy (non-hydrogen) atoms. The lowest BCUT2D eigenvalue weighted by Gasteiger charge is -2.30. The second kappa shape index (κ2) is 27.9. The molecule has 0 aromatic heterocycles. The second-order valence-electron chi connectivity index (χ2n) is 18.6. The van der Waals surface area contributed by atoms with Crippen LogP contribution >= 0.6 is 0 Å². The summed E-state index contributed by atoms with van der Waals surface area (Å²) in [6.07, 6.45) is 15.2. The Labute approximate surface area is 398 Å². The molecule has 0 fully saturated rings. The van der Waals surface area contributed by atoms with Crippen LogP contribution in [0, 0.1) is 5.92 Å². The number of rotatable bonds is 25. The minimum atomic E-state index is -1.23. The highest BCUT2D eigenvalue weighted by atomic mass is 16.3. The molecule has 0 saturated heterocycles. The zero-order valence-electron chi connectivity index (χ0n) is 40.6. The summed E-state index contributed by atoms with van der Waals surface area (Å²) in [5, 5.41) is 37.9. The zero-order chi connectivity index (χ0) is 48.9. The first-order chi connectivity index (χ1) is 32.1. The van der Waals surface area contributed by atoms with Crippen molar-refractivity contribution < 1.29 is 44.1 Å². The molecule has 5 N–H and O–H groups in total. The van der Waals surface area contributed by atoms with E-state index in [1.165, 1.54) is 99.9 Å². The SMILES string of the molecule is CCCCCCCCCCCCCCCC(=O)N(C)[C@H](CO)C(=O)N[C@H](Cc1ccccc1)C(=O)CCC(=O)N(C)[C@@H]1C(=O)C[C@@H](C)C(=O)N[C@H](C)Cc2ccc(O)c(c2)-c2cc1ccc2O. The molecule has 3 aromatic rings. The standard InChI is InChI=1S/C54H76N4O9/c1-6-7-8-9-10-11-12-13-14-15-16-17-21-24-50(64)57(4)45(36-59)54(67)56-44(34-39-22-19-18-20-23-39)48(62)29-30-51(65)58(5)52-41-26-28-47(61)43(35-41)42-33-40(25-27-46(42)60)32-38(3)55-53(66)37(2)31-49(52)63/h18-20,22-23,25-28,33,35,37-38,44-45,52,59-61H,6-17,21,24,29-32,34,36H2,1-5H3,(H,55,66)(H,56,67)/t37-,38-,44-,45-,52+/m1/s1. The first-order valence-corrected chi connectivity index (χ1v) is 24.6. The van der Waals surface area contributed by atoms with Crippen LogP contribution in [0.1, 0.15) is 153 Å². The third kappa shape index (κ3) is 16.9. The number of aromatic hydroxyl groups is 2. The molecule has 0 spiro atoms. The average molecular weight is 925 g/mol. The van der Waals surface area contributed by atoms with E-state index in [1.807, 2.05) is 25.1 Å². The van der Waals surface area contributed by atoms with Crippen LogP contribution in [-0.4, -0.2) is 99.1 Å². The van der Waals surface area contributed by atoms with Gasteiger partial charge in [-0.05, 0) is 67.1 Å². The van der Waals surface area contributed by atoms with Crippen molar-refractivity contribution in [3.63, 3.8) is 0 Å². The van der Waals surface area contributed by atoms with Gasteiger partial charge in [0, 0.05) is 62.9 Å². The summed E-state index contributed by atoms with van der Waals surface area (Å²) >= 11 is 0. The highest BCUT2D eigenvalue weighted by molar-refractivity contribution is 5.96. The molecule has 366 valence electrons. The van der Waals surface area contributed by atoms with Crippen LogP contribution in [0.25, 0.3) is 11.1 Å². The maximum atomic E-state index is 14.2. The third-order valence-electron chi connectivity index (χ3n) is 13.1. The van der Waals surface area contributed by atoms with Crippen molar-refractivity contribution in [2.24, 2.45) is 5.92 Å². The molecule has 13 nitrogen and oxygen atoms in total. The normalized spacial score (nSPS) is 17.1. The first-order valence-electron chi connectivity index (χ1n) is 24.6. The smallest absolute Gasteiger partial charge is 0.245 e. The number of likely N-dealkylation sites (N-methyl/N-ethyl adjacent to an activating group) is 2. The molecule has 1 aliphatic heterocycles. The first kappa shape index (κ1) is 54.0. The minimum Gasteiger partial charge on any atom is -0.507 e. The van der Waals surface area contributed by atoms with E-state index >= 15 is 0 Å². The largest absolute Gasteiger partial charge is 0.507 e. The van der Waals surface area contributed by atoms with Crippen LogP contribution in [0.5, 0.6) is 11.5 Å². The summed E-state index contributed by atoms with van der Waals surface area (Å²) in [4.78, 5) is 85.0. The fourth-order valence-corrected chi connectivity index (χ4v) is 8.90. The summed E-state index contributed by atoms with van der Waals surface area (Å²) in [6.45, 7) is 5.05. The van der Waals surface area contributed by atoms with E-state index in [-0.39, 0.29) is 67.0 Å². The Morgan fingerprint density at radius 3 is 1.91 bits per heavy atom. The Morgan fingerprint density at radius 1 is 0.716 bits per heavy atom. The van der Waals surface area contributed by atoms with Gasteiger partial charge in [0.1, 0.15) is 23.6 Å². The van der Waals surface area contributed by atoms with Gasteiger partial charge in [0.25, 0.3) is 0 Å². The predicted octanol–water partition coefficient (Wildman–Crippen LogP) is 8.30. The van der Waals surface area contributed by atoms with Gasteiger partial charge in [-0.2, -0.15) is 0 Å². The number of nitrogens with zero attached hydrogens (tertiary/aromatic N) is 2. The van der Waals surface area contributed by atoms with Crippen LogP contribution in [-0.2, 0) is 41.6 Å². The summed E-state index contributed by atoms with van der Waals surface area (Å²) in [5.41, 5.74) is 2.44. The van der Waals surface area contributed by atoms with Crippen molar-refractivity contribution in [2.45, 2.75) is 167 Å². The molecular weight excluding hydrogens is 849 g/mol. The second-order valence-corrected chi connectivity index (χ2v) is 18.6. The number of hydrogen-bond donors (Lipinski definition) is 5. The third-order valence-corrected chi connectivity index (χ3v) is 13.1. The molecule has 0 radical (unpaired) electrons. The number of ketones is 2. The maximum Gasteiger partial charge on any atom is 0.245 e. The number of aliphatic hydroxyl groups is 1. The van der Waals surface area contributed by atoms with Crippen molar-refractivity contribution in [1.29, 1.82) is 0 Å². The van der Waals surface area contributed by atoms with Gasteiger partial charge in [0.05, 0.1) is 12.6 Å². The molecule has 0 aliphatic carbocycles. The number of Topliss-reactive ketones (excluding diaryl/α,β-unsaturated/α-hetero) is 2. The molecule has 3 aromatic carbocycles. The van der Waals surface area contributed by atoms with Gasteiger partial charge in [-0.25, -0.2) is 0 Å². The van der Waals surface area contributed by atoms with Gasteiger partial charge in [0.15, 0.2) is 11.6 Å². The number of fused-ring (bicyclic) bond motifs is 5. The number of phenolic OH excluding ortho intramolecular Hbond substituents is 2. The van der Waals surface area contributed by atoms with Crippen molar-refractivity contribution >= 4 is 35.2 Å². The van der Waals surface area contributed by atoms with E-state index in [9.17, 15) is 44.1 Å². The van der Waals surface area contributed by atoms with Crippen LogP contribution in [0.4, 0.5) is 0 Å². The molecule has 0 unspecified atom stereocenters. The van der Waals surface area contributed by atoms with Gasteiger partial charge >= 0.3 is 0 Å². The van der Waals surface area contributed by atoms with E-state index in [0.29, 0.717) is 24.0 Å². The van der Waals surface area contributed by atoms with E-state index in [1.54, 1.807) is 37.3 Å². The number of phenols is 2. The lowest BCUT2D eigenvalue weighted by atomic mass is 9.90. The molecule has 4 amide bonds. The zero-order valence-corrected chi connectivity index (χ0v) is 40.6. The lowest BCUT2D eigenvalue weighted by molar-refractivity contribution is -0.142. The number of aliphatic hydroxyl groups excluding tert-OH is 1. The van der Waals surface area contributed by atoms with E-state index < -0.39 is 54.0 Å². The predicted molar refractivity (Wildman–Crippen MR) is 261 cm³/mol. The number of carbonyl (C=O) groups is 6. The minimum absolute atomic E-state index is 0.0915. The summed E-state index contributed by atoms with van der Waals surface area (Å²) in [6, 6.07) is 14.6. The molecule has 1 aliphatic rings. The van der Waals surface area contributed by atoms with Crippen molar-refractivity contribution in [3.05, 3.63) is 83.4 Å². The Kier molecular flexibility index (Phi) is 22.5. The molecule has 5 atom stereocenters. The van der Waals surface area contributed by atoms with Crippen LogP contribution in [0.3, 0.4) is 0 Å². The van der Waals surface area contributed by atoms with E-state index in [2.05, 4.69) is 17.6 Å². The van der Waals surface area contributed by atoms with Crippen molar-refractivity contribution in [2.75, 3.05) is 20.7 Å². The summed E-state index contributed by atoms with van der Waals surface area (Å²) in [5.74, 6) is -3.77. The highest BCUT2D eigenvalue weighted by Crippen LogP contribution is 2.39. The monoisotopic (exact) mass is 925 g/mol. The quantitative estimate of drug-likeness (QED) is 0.0520. The Balaban J connectivity index is 1.42. The topological polar surface area (TPSA) is 194 Å². The summed E-state index contributed by atoms with van der Waals surface area (Å²) in [7, 11) is 2.92. The van der Waals surface area contributed by atoms with Crippen LogP contribution < -0.4 is 10.6 Å². The Morgan fingerprint density at radius 2 is 1.30 bits per heavy atom. The van der Waals surface area contributed by atoms with Crippen LogP contribution in [0.2, 0.25) is 0 Å². The van der Waals surface area contributed by atoms with Gasteiger partial charge in [-0.1, -0.05) is 133 Å². The lowest BCUT2D eigenvalue weighted by Crippen LogP contribution is -2.54. The number of amides is 4. The van der Waals surface area contributed by atoms with Gasteiger partial charge in [-0.15, -0.1) is 0 Å². The Bertz CT molecular complexity index is 2090. The van der Waals surface area contributed by atoms with Crippen molar-refractivity contribution in [3.8, 4) is 22.6 Å². The maximum absolute atomic E-state index is 14.2. The average Bonchev–Trinajstić information content (AvgIpc) is 3.30. The number of hydrogen-bond acceptors (Lipinski definition) is 9. The highest BCUT2D eigenvalue weighted by Gasteiger charge is 2.34. The molecule has 0 saturated carbocycles. The fourth-order valence-electron chi connectivity index (χ4n) is 8.90. The van der Waals surface area contributed by atoms with Crippen molar-refractivity contribution in [1.82, 2.24) is 20.4 Å². The number of carbonyl (C=O) groups excluding carboxylic acids is 6. The van der Waals surface area contributed by atoms with E-state index in [0.717, 1.165) is 30.4 Å². The molecular formula is C54H76N4O9. The van der Waals surface area contributed by atoms with Gasteiger partial charge in [-0.3, -0.25) is 28.8 Å². The molecule has 4 bridgehead atoms. The van der Waals surface area contributed by atoms with E-state index in [4.69, 9.17) is 0 Å². The van der Waals surface area contributed by atoms with Gasteiger partial charge in [0.2, 0.25) is 23.6 Å². The number of nitrogens with one attached hydrogen (secondary N) is 2. The summed E-state index contributed by atoms with van der Waals surface area (Å²) < 4.78 is 0. The number of unbranched alkanes of at least 4 members (excludes halogenated alkanes) is 12.